The minimum absolute atomic E-state index is 0.809. The van der Waals surface area contributed by atoms with E-state index < -0.39 is 0 Å². The van der Waals surface area contributed by atoms with Crippen molar-refractivity contribution in [3.05, 3.63) is 49.6 Å². The Morgan fingerprint density at radius 3 is 2.76 bits per heavy atom. The van der Waals surface area contributed by atoms with Gasteiger partial charge >= 0.3 is 0 Å². The van der Waals surface area contributed by atoms with Gasteiger partial charge in [-0.2, -0.15) is 0 Å². The average Bonchev–Trinajstić information content (AvgIpc) is 3.08. The van der Waals surface area contributed by atoms with E-state index in [-0.39, 0.29) is 0 Å². The zero-order valence-corrected chi connectivity index (χ0v) is 14.9. The van der Waals surface area contributed by atoms with Crippen LogP contribution in [0.5, 0.6) is 0 Å². The monoisotopic (exact) mass is 384 g/mol. The minimum atomic E-state index is 0.809. The van der Waals surface area contributed by atoms with Gasteiger partial charge in [-0.25, -0.2) is 0 Å². The minimum Gasteiger partial charge on any atom is -0.380 e. The Labute approximate surface area is 143 Å². The van der Waals surface area contributed by atoms with E-state index in [1.807, 2.05) is 0 Å². The van der Waals surface area contributed by atoms with Crippen molar-refractivity contribution in [2.75, 3.05) is 18.4 Å². The number of nitrogens with one attached hydrogen (secondary N) is 1. The number of benzene rings is 1. The van der Waals surface area contributed by atoms with Crippen LogP contribution < -0.4 is 5.32 Å². The van der Waals surface area contributed by atoms with Gasteiger partial charge in [-0.05, 0) is 65.6 Å². The zero-order chi connectivity index (χ0) is 14.7. The Hall–Kier alpha value is -0.550. The second-order valence-electron chi connectivity index (χ2n) is 5.37. The molecule has 0 aliphatic carbocycles. The molecule has 2 heterocycles. The van der Waals surface area contributed by atoms with Gasteiger partial charge in [0.25, 0.3) is 0 Å². The predicted molar refractivity (Wildman–Crippen MR) is 95.3 cm³/mol. The van der Waals surface area contributed by atoms with Crippen molar-refractivity contribution in [3.8, 4) is 0 Å². The molecular weight excluding hydrogens is 368 g/mol. The van der Waals surface area contributed by atoms with Gasteiger partial charge in [-0.15, -0.1) is 11.3 Å². The van der Waals surface area contributed by atoms with Crippen LogP contribution in [-0.2, 0) is 13.1 Å². The van der Waals surface area contributed by atoms with Crippen molar-refractivity contribution in [1.82, 2.24) is 4.90 Å². The Bertz CT molecular complexity index is 589. The molecule has 1 aliphatic heterocycles. The van der Waals surface area contributed by atoms with Gasteiger partial charge in [0.05, 0.1) is 0 Å². The standard InChI is InChI=1S/C16H18BrClN2S/c17-15-9-14(21-16(15)18)10-19-13-5-3-4-12(8-13)11-20-6-1-2-7-20/h3-5,8-9,19H,1-2,6-7,10-11H2. The van der Waals surface area contributed by atoms with Gasteiger partial charge in [0.15, 0.2) is 0 Å². The van der Waals surface area contributed by atoms with E-state index in [0.29, 0.717) is 0 Å². The molecule has 0 spiro atoms. The van der Waals surface area contributed by atoms with E-state index in [2.05, 4.69) is 56.5 Å². The lowest BCUT2D eigenvalue weighted by Crippen LogP contribution is -2.18. The van der Waals surface area contributed by atoms with E-state index in [1.54, 1.807) is 11.3 Å². The molecule has 1 aromatic heterocycles. The van der Waals surface area contributed by atoms with Crippen LogP contribution in [0.3, 0.4) is 0 Å². The van der Waals surface area contributed by atoms with E-state index in [9.17, 15) is 0 Å². The first-order valence-corrected chi connectivity index (χ1v) is 9.18. The number of hydrogen-bond acceptors (Lipinski definition) is 3. The second kappa shape index (κ2) is 7.14. The highest BCUT2D eigenvalue weighted by Gasteiger charge is 2.11. The molecule has 112 valence electrons. The van der Waals surface area contributed by atoms with Crippen LogP contribution in [0.15, 0.2) is 34.8 Å². The lowest BCUT2D eigenvalue weighted by Gasteiger charge is -2.15. The van der Waals surface area contributed by atoms with Crippen molar-refractivity contribution in [1.29, 1.82) is 0 Å². The zero-order valence-electron chi connectivity index (χ0n) is 11.7. The number of halogens is 2. The van der Waals surface area contributed by atoms with Crippen LogP contribution in [0.2, 0.25) is 4.34 Å². The fourth-order valence-electron chi connectivity index (χ4n) is 2.65. The van der Waals surface area contributed by atoms with E-state index in [0.717, 1.165) is 21.9 Å². The van der Waals surface area contributed by atoms with Crippen LogP contribution in [-0.4, -0.2) is 18.0 Å². The predicted octanol–water partition coefficient (Wildman–Crippen LogP) is 5.37. The summed E-state index contributed by atoms with van der Waals surface area (Å²) in [5, 5.41) is 3.48. The number of rotatable bonds is 5. The largest absolute Gasteiger partial charge is 0.380 e. The summed E-state index contributed by atoms with van der Waals surface area (Å²) in [7, 11) is 0. The van der Waals surface area contributed by atoms with Crippen LogP contribution in [0.25, 0.3) is 0 Å². The van der Waals surface area contributed by atoms with Crippen LogP contribution in [0.4, 0.5) is 5.69 Å². The molecule has 3 rings (SSSR count). The van der Waals surface area contributed by atoms with Gasteiger partial charge in [-0.1, -0.05) is 23.7 Å². The number of anilines is 1. The maximum Gasteiger partial charge on any atom is 0.107 e. The average molecular weight is 386 g/mol. The molecule has 1 aliphatic rings. The molecule has 0 unspecified atom stereocenters. The lowest BCUT2D eigenvalue weighted by molar-refractivity contribution is 0.331. The highest BCUT2D eigenvalue weighted by Crippen LogP contribution is 2.32. The fraction of sp³-hybridized carbons (Fsp3) is 0.375. The highest BCUT2D eigenvalue weighted by molar-refractivity contribution is 9.10. The Morgan fingerprint density at radius 1 is 1.24 bits per heavy atom. The number of nitrogens with zero attached hydrogens (tertiary/aromatic N) is 1. The summed E-state index contributed by atoms with van der Waals surface area (Å²) in [5.41, 5.74) is 2.56. The van der Waals surface area contributed by atoms with Crippen LogP contribution >= 0.6 is 38.9 Å². The van der Waals surface area contributed by atoms with Gasteiger partial charge in [0.1, 0.15) is 4.34 Å². The first-order chi connectivity index (χ1) is 10.2. The maximum atomic E-state index is 6.07. The van der Waals surface area contributed by atoms with Crippen molar-refractivity contribution >= 4 is 44.6 Å². The molecule has 1 aromatic carbocycles. The summed E-state index contributed by atoms with van der Waals surface area (Å²) in [5.74, 6) is 0. The molecule has 2 aromatic rings. The Balaban J connectivity index is 1.60. The summed E-state index contributed by atoms with van der Waals surface area (Å²) >= 11 is 11.1. The molecule has 1 N–H and O–H groups in total. The van der Waals surface area contributed by atoms with Crippen LogP contribution in [0, 0.1) is 0 Å². The summed E-state index contributed by atoms with van der Waals surface area (Å²) in [6, 6.07) is 10.8. The van der Waals surface area contributed by atoms with Gasteiger partial charge < -0.3 is 5.32 Å². The molecule has 0 amide bonds. The number of thiophene rings is 1. The number of hydrogen-bond donors (Lipinski definition) is 1. The van der Waals surface area contributed by atoms with Gasteiger partial charge in [-0.3, -0.25) is 4.90 Å². The smallest absolute Gasteiger partial charge is 0.107 e. The van der Waals surface area contributed by atoms with Crippen molar-refractivity contribution in [3.63, 3.8) is 0 Å². The van der Waals surface area contributed by atoms with Crippen molar-refractivity contribution in [2.45, 2.75) is 25.9 Å². The summed E-state index contributed by atoms with van der Waals surface area (Å²) in [6.07, 6.45) is 2.68. The molecule has 21 heavy (non-hydrogen) atoms. The molecule has 0 bridgehead atoms. The lowest BCUT2D eigenvalue weighted by atomic mass is 10.2. The third-order valence-corrected chi connectivity index (χ3v) is 6.17. The normalized spacial score (nSPS) is 15.5. The third-order valence-electron chi connectivity index (χ3n) is 3.69. The fourth-order valence-corrected chi connectivity index (χ4v) is 4.38. The van der Waals surface area contributed by atoms with Crippen molar-refractivity contribution < 1.29 is 0 Å². The van der Waals surface area contributed by atoms with Crippen molar-refractivity contribution in [2.24, 2.45) is 0 Å². The first-order valence-electron chi connectivity index (χ1n) is 7.19. The maximum absolute atomic E-state index is 6.07. The molecule has 0 saturated carbocycles. The van der Waals surface area contributed by atoms with Gasteiger partial charge in [0, 0.05) is 28.1 Å². The molecule has 1 fully saturated rings. The summed E-state index contributed by atoms with van der Waals surface area (Å²) in [4.78, 5) is 3.76. The molecule has 0 atom stereocenters. The summed E-state index contributed by atoms with van der Waals surface area (Å²) < 4.78 is 1.79. The molecule has 5 heteroatoms. The van der Waals surface area contributed by atoms with E-state index in [1.165, 1.54) is 42.1 Å². The SMILES string of the molecule is Clc1sc(CNc2cccc(CN3CCCC3)c2)cc1Br. The first kappa shape index (κ1) is 15.3. The molecule has 1 saturated heterocycles. The third kappa shape index (κ3) is 4.22. The molecule has 2 nitrogen and oxygen atoms in total. The Kier molecular flexibility index (Phi) is 5.22. The number of likely N-dealkylation sites (tertiary alicyclic amines) is 1. The molecular formula is C16H18BrClN2S. The van der Waals surface area contributed by atoms with Gasteiger partial charge in [0.2, 0.25) is 0 Å². The van der Waals surface area contributed by atoms with Crippen LogP contribution in [0.1, 0.15) is 23.3 Å². The molecule has 0 radical (unpaired) electrons. The summed E-state index contributed by atoms with van der Waals surface area (Å²) in [6.45, 7) is 4.34. The quantitative estimate of drug-likeness (QED) is 0.744. The van der Waals surface area contributed by atoms with E-state index in [4.69, 9.17) is 11.6 Å². The topological polar surface area (TPSA) is 15.3 Å². The Morgan fingerprint density at radius 2 is 2.05 bits per heavy atom. The van der Waals surface area contributed by atoms with E-state index >= 15 is 0 Å². The highest BCUT2D eigenvalue weighted by atomic mass is 79.9. The second-order valence-corrected chi connectivity index (χ2v) is 7.96.